The van der Waals surface area contributed by atoms with Crippen LogP contribution in [-0.4, -0.2) is 28.1 Å². The van der Waals surface area contributed by atoms with Gasteiger partial charge in [-0.3, -0.25) is 9.59 Å². The standard InChI is InChI=1S/C9H14O2.C2H4O2.H2N.H3P.Pd/c10-7-3-1-5-9(7)6-2-4-8(9)11;1-2(3)4;;;/h7,10H,1-6H2;1H3,(H,3,4);1H2;1H3;/q;;-1;;/t7-,9-;;;;/m1..../s1. The van der Waals surface area contributed by atoms with Gasteiger partial charge in [0.25, 0.3) is 5.97 Å². The van der Waals surface area contributed by atoms with E-state index in [0.717, 1.165) is 39.0 Å². The predicted octanol–water partition coefficient (Wildman–Crippen LogP) is 2.13. The molecule has 1 spiro atoms. The molecule has 2 fully saturated rings. The van der Waals surface area contributed by atoms with E-state index in [4.69, 9.17) is 9.90 Å². The maximum atomic E-state index is 11.4. The third-order valence-corrected chi connectivity index (χ3v) is 3.32. The molecule has 2 saturated carbocycles. The summed E-state index contributed by atoms with van der Waals surface area (Å²) in [7, 11) is 0. The van der Waals surface area contributed by atoms with E-state index in [9.17, 15) is 9.90 Å². The van der Waals surface area contributed by atoms with Gasteiger partial charge in [-0.25, -0.2) is 0 Å². The topological polar surface area (TPSA) is 108 Å². The summed E-state index contributed by atoms with van der Waals surface area (Å²) in [6.45, 7) is 1.08. The van der Waals surface area contributed by atoms with Crippen molar-refractivity contribution in [2.45, 2.75) is 51.6 Å². The molecule has 0 aromatic carbocycles. The van der Waals surface area contributed by atoms with Gasteiger partial charge >= 0.3 is 0 Å². The van der Waals surface area contributed by atoms with Gasteiger partial charge in [0.1, 0.15) is 5.78 Å². The molecule has 0 aromatic rings. The average Bonchev–Trinajstić information content (AvgIpc) is 2.63. The van der Waals surface area contributed by atoms with Crippen molar-refractivity contribution < 1.29 is 40.2 Å². The van der Waals surface area contributed by atoms with E-state index < -0.39 is 5.97 Å². The number of Topliss-reactive ketones (excluding diaryl/α,β-unsaturated/α-hetero) is 1. The normalized spacial score (nSPS) is 28.3. The third-order valence-electron chi connectivity index (χ3n) is 3.32. The van der Waals surface area contributed by atoms with E-state index in [1.54, 1.807) is 0 Å². The van der Waals surface area contributed by atoms with Crippen LogP contribution in [0.25, 0.3) is 6.15 Å². The molecule has 7 heteroatoms. The smallest absolute Gasteiger partial charge is 0.300 e. The molecule has 4 N–H and O–H groups in total. The summed E-state index contributed by atoms with van der Waals surface area (Å²) < 4.78 is 0. The van der Waals surface area contributed by atoms with Crippen LogP contribution in [0.1, 0.15) is 45.4 Å². The Balaban J connectivity index is -0.000000289. The van der Waals surface area contributed by atoms with Gasteiger partial charge < -0.3 is 16.4 Å². The quantitative estimate of drug-likeness (QED) is 0.503. The summed E-state index contributed by atoms with van der Waals surface area (Å²) in [5.41, 5.74) is -0.278. The molecule has 18 heavy (non-hydrogen) atoms. The van der Waals surface area contributed by atoms with Gasteiger partial charge in [0.2, 0.25) is 0 Å². The molecular formula is C11H23NO4PPd-. The molecule has 0 saturated heterocycles. The first kappa shape index (κ1) is 23.3. The molecule has 0 aromatic heterocycles. The van der Waals surface area contributed by atoms with Crippen LogP contribution >= 0.6 is 9.90 Å². The van der Waals surface area contributed by atoms with Crippen LogP contribution in [0.15, 0.2) is 0 Å². The summed E-state index contributed by atoms with van der Waals surface area (Å²) in [6, 6.07) is 0. The van der Waals surface area contributed by atoms with E-state index >= 15 is 0 Å². The largest absolute Gasteiger partial charge is 0.693 e. The molecule has 2 aliphatic carbocycles. The number of aliphatic hydroxyl groups excluding tert-OH is 1. The summed E-state index contributed by atoms with van der Waals surface area (Å²) in [5.74, 6) is -0.512. The predicted molar refractivity (Wildman–Crippen MR) is 70.8 cm³/mol. The molecule has 2 aliphatic rings. The van der Waals surface area contributed by atoms with Crippen molar-refractivity contribution in [1.29, 1.82) is 0 Å². The minimum absolute atomic E-state index is 0. The third kappa shape index (κ3) is 5.42. The molecule has 5 nitrogen and oxygen atoms in total. The molecule has 0 heterocycles. The van der Waals surface area contributed by atoms with E-state index in [2.05, 4.69) is 0 Å². The van der Waals surface area contributed by atoms with Crippen LogP contribution in [0.3, 0.4) is 0 Å². The zero-order valence-electron chi connectivity index (χ0n) is 10.6. The van der Waals surface area contributed by atoms with Gasteiger partial charge in [-0.15, -0.1) is 0 Å². The molecular weight excluding hydrogens is 348 g/mol. The van der Waals surface area contributed by atoms with Crippen molar-refractivity contribution in [1.82, 2.24) is 0 Å². The fourth-order valence-electron chi connectivity index (χ4n) is 2.62. The molecule has 0 amide bonds. The van der Waals surface area contributed by atoms with E-state index in [0.29, 0.717) is 12.2 Å². The monoisotopic (exact) mass is 370 g/mol. The van der Waals surface area contributed by atoms with Gasteiger partial charge in [-0.2, -0.15) is 9.90 Å². The minimum atomic E-state index is -0.833. The number of nitrogens with two attached hydrogens (primary N) is 1. The van der Waals surface area contributed by atoms with Crippen molar-refractivity contribution in [2.24, 2.45) is 5.41 Å². The van der Waals surface area contributed by atoms with Crippen molar-refractivity contribution in [3.8, 4) is 0 Å². The number of aliphatic carboxylic acids is 1. The Bertz CT molecular complexity index is 270. The summed E-state index contributed by atoms with van der Waals surface area (Å²) in [6.07, 6.45) is 5.13. The number of hydrogen-bond acceptors (Lipinski definition) is 3. The SMILES string of the molecule is CC(=O)O.O=C1CCC[C@@]12CCC[C@H]2O.P.[NH2-].[Pd]. The molecule has 3 atom stereocenters. The first-order chi connectivity index (χ1) is 6.99. The maximum absolute atomic E-state index is 11.4. The van der Waals surface area contributed by atoms with Crippen LogP contribution in [0.4, 0.5) is 0 Å². The second kappa shape index (κ2) is 10.0. The summed E-state index contributed by atoms with van der Waals surface area (Å²) in [5, 5.41) is 17.0. The van der Waals surface area contributed by atoms with Gasteiger partial charge in [0.15, 0.2) is 0 Å². The number of hydrogen-bond donors (Lipinski definition) is 2. The number of carboxylic acids is 1. The maximum Gasteiger partial charge on any atom is 0.300 e. The number of carbonyl (C=O) groups is 2. The van der Waals surface area contributed by atoms with Crippen LogP contribution in [0, 0.1) is 5.41 Å². The Morgan fingerprint density at radius 2 is 1.78 bits per heavy atom. The zero-order valence-corrected chi connectivity index (χ0v) is 13.6. The number of ketones is 1. The first-order valence-corrected chi connectivity index (χ1v) is 5.40. The number of rotatable bonds is 0. The Kier molecular flexibility index (Phi) is 12.9. The van der Waals surface area contributed by atoms with E-state index in [-0.39, 0.29) is 48.0 Å². The second-order valence-electron chi connectivity index (χ2n) is 4.36. The molecule has 2 rings (SSSR count). The van der Waals surface area contributed by atoms with E-state index in [1.807, 2.05) is 0 Å². The van der Waals surface area contributed by atoms with Crippen LogP contribution in [0.5, 0.6) is 0 Å². The van der Waals surface area contributed by atoms with Crippen LogP contribution in [0.2, 0.25) is 0 Å². The number of carboxylic acid groups (broad SMARTS) is 1. The van der Waals surface area contributed by atoms with Crippen LogP contribution in [-0.2, 0) is 30.0 Å². The molecule has 0 radical (unpaired) electrons. The molecule has 0 bridgehead atoms. The Hall–Kier alpha value is 0.152. The van der Waals surface area contributed by atoms with Crippen molar-refractivity contribution in [3.63, 3.8) is 0 Å². The number of aliphatic hydroxyl groups is 1. The Labute approximate surface area is 125 Å². The zero-order chi connectivity index (χ0) is 11.5. The van der Waals surface area contributed by atoms with Gasteiger partial charge in [0.05, 0.1) is 11.5 Å². The van der Waals surface area contributed by atoms with Crippen molar-refractivity contribution >= 4 is 21.7 Å². The van der Waals surface area contributed by atoms with Gasteiger partial charge in [0, 0.05) is 33.8 Å². The second-order valence-corrected chi connectivity index (χ2v) is 4.36. The number of carbonyl (C=O) groups excluding carboxylic acids is 1. The van der Waals surface area contributed by atoms with Crippen molar-refractivity contribution in [3.05, 3.63) is 6.15 Å². The Morgan fingerprint density at radius 1 is 1.33 bits per heavy atom. The van der Waals surface area contributed by atoms with Crippen LogP contribution < -0.4 is 0 Å². The molecule has 1 unspecified atom stereocenters. The summed E-state index contributed by atoms with van der Waals surface area (Å²) in [4.78, 5) is 20.4. The van der Waals surface area contributed by atoms with Gasteiger partial charge in [-0.05, 0) is 32.1 Å². The Morgan fingerprint density at radius 3 is 2.06 bits per heavy atom. The van der Waals surface area contributed by atoms with Crippen molar-refractivity contribution in [2.75, 3.05) is 0 Å². The minimum Gasteiger partial charge on any atom is -0.693 e. The fraction of sp³-hybridized carbons (Fsp3) is 0.818. The fourth-order valence-corrected chi connectivity index (χ4v) is 2.62. The molecule has 0 aliphatic heterocycles. The average molecular weight is 371 g/mol. The van der Waals surface area contributed by atoms with E-state index in [1.165, 1.54) is 0 Å². The first-order valence-electron chi connectivity index (χ1n) is 5.40. The molecule has 112 valence electrons. The summed E-state index contributed by atoms with van der Waals surface area (Å²) >= 11 is 0. The van der Waals surface area contributed by atoms with Gasteiger partial charge in [-0.1, -0.05) is 0 Å².